The minimum Gasteiger partial charge on any atom is -0.506 e. The molecule has 0 aliphatic carbocycles. The molecule has 2 heterocycles. The number of halogens is 1. The predicted octanol–water partition coefficient (Wildman–Crippen LogP) is 2.89. The van der Waals surface area contributed by atoms with E-state index in [0.29, 0.717) is 28.5 Å². The van der Waals surface area contributed by atoms with Gasteiger partial charge in [0.2, 0.25) is 0 Å². The Bertz CT molecular complexity index is 1400. The van der Waals surface area contributed by atoms with Gasteiger partial charge in [-0.05, 0) is 36.8 Å². The molecule has 30 heavy (non-hydrogen) atoms. The normalized spacial score (nSPS) is 11.1. The lowest BCUT2D eigenvalue weighted by atomic mass is 10.1. The monoisotopic (exact) mass is 409 g/mol. The van der Waals surface area contributed by atoms with Gasteiger partial charge >= 0.3 is 5.63 Å². The number of ether oxygens (including phenoxy) is 1. The highest BCUT2D eigenvalue weighted by Gasteiger charge is 2.20. The number of aromatic nitrogens is 1. The Morgan fingerprint density at radius 1 is 1.17 bits per heavy atom. The van der Waals surface area contributed by atoms with Crippen molar-refractivity contribution in [2.24, 2.45) is 0 Å². The summed E-state index contributed by atoms with van der Waals surface area (Å²) in [6.45, 7) is 1.27. The number of hydrogen-bond acceptors (Lipinski definition) is 6. The van der Waals surface area contributed by atoms with Gasteiger partial charge in [-0.15, -0.1) is 0 Å². The summed E-state index contributed by atoms with van der Waals surface area (Å²) in [7, 11) is 0. The van der Waals surface area contributed by atoms with Gasteiger partial charge in [0, 0.05) is 11.5 Å². The Hall–Kier alpha value is -3.94. The topological polar surface area (TPSA) is 98.7 Å². The van der Waals surface area contributed by atoms with Crippen LogP contribution in [0.25, 0.3) is 21.9 Å². The van der Waals surface area contributed by atoms with Crippen LogP contribution in [0.1, 0.15) is 11.1 Å². The molecule has 4 aromatic rings. The molecule has 0 aliphatic heterocycles. The first-order chi connectivity index (χ1) is 14.4. The first-order valence-corrected chi connectivity index (χ1v) is 9.04. The van der Waals surface area contributed by atoms with Crippen LogP contribution in [0.5, 0.6) is 11.5 Å². The average molecular weight is 409 g/mol. The second-order valence-corrected chi connectivity index (χ2v) is 6.74. The number of pyridine rings is 1. The summed E-state index contributed by atoms with van der Waals surface area (Å²) < 4.78 is 25.3. The van der Waals surface area contributed by atoms with Gasteiger partial charge in [0.15, 0.2) is 11.9 Å². The SMILES string of the molecule is Cc1c(O)c2c(=O)n(Cc3ccc(F)cc3)c3cc(OCC=O)ccc3c2oc1=O. The molecule has 8 heteroatoms. The van der Waals surface area contributed by atoms with E-state index in [2.05, 4.69) is 0 Å². The molecule has 0 atom stereocenters. The van der Waals surface area contributed by atoms with Crippen LogP contribution >= 0.6 is 0 Å². The summed E-state index contributed by atoms with van der Waals surface area (Å²) in [5, 5.41) is 10.8. The number of benzene rings is 2. The van der Waals surface area contributed by atoms with Crippen LogP contribution in [0.15, 0.2) is 56.5 Å². The molecule has 0 radical (unpaired) electrons. The van der Waals surface area contributed by atoms with Crippen molar-refractivity contribution in [3.05, 3.63) is 80.2 Å². The first kappa shape index (κ1) is 19.4. The number of rotatable bonds is 5. The molecule has 0 aliphatic rings. The summed E-state index contributed by atoms with van der Waals surface area (Å²) >= 11 is 0. The van der Waals surface area contributed by atoms with Crippen molar-refractivity contribution in [2.75, 3.05) is 6.61 Å². The van der Waals surface area contributed by atoms with Crippen LogP contribution in [-0.4, -0.2) is 22.6 Å². The third-order valence-corrected chi connectivity index (χ3v) is 4.86. The van der Waals surface area contributed by atoms with Crippen LogP contribution < -0.4 is 15.9 Å². The second kappa shape index (κ2) is 7.47. The zero-order valence-electron chi connectivity index (χ0n) is 15.8. The number of aldehydes is 1. The average Bonchev–Trinajstić information content (AvgIpc) is 2.74. The van der Waals surface area contributed by atoms with Crippen LogP contribution in [0.4, 0.5) is 4.39 Å². The Morgan fingerprint density at radius 2 is 1.90 bits per heavy atom. The van der Waals surface area contributed by atoms with E-state index in [9.17, 15) is 23.9 Å². The van der Waals surface area contributed by atoms with Gasteiger partial charge in [-0.3, -0.25) is 9.59 Å². The van der Waals surface area contributed by atoms with E-state index in [1.165, 1.54) is 23.6 Å². The minimum absolute atomic E-state index is 0.0413. The fourth-order valence-electron chi connectivity index (χ4n) is 3.32. The summed E-state index contributed by atoms with van der Waals surface area (Å²) in [6.07, 6.45) is 0.593. The standard InChI is InChI=1S/C22H16FNO6/c1-12-19(26)18-20(30-22(12)28)16-7-6-15(29-9-8-25)10-17(16)24(21(18)27)11-13-2-4-14(23)5-3-13/h2-8,10,26H,9,11H2,1H3. The highest BCUT2D eigenvalue weighted by Crippen LogP contribution is 2.31. The number of nitrogens with zero attached hydrogens (tertiary/aromatic N) is 1. The lowest BCUT2D eigenvalue weighted by Crippen LogP contribution is -2.23. The van der Waals surface area contributed by atoms with Crippen molar-refractivity contribution in [2.45, 2.75) is 13.5 Å². The smallest absolute Gasteiger partial charge is 0.342 e. The molecule has 2 aromatic heterocycles. The largest absolute Gasteiger partial charge is 0.506 e. The lowest BCUT2D eigenvalue weighted by molar-refractivity contribution is -0.109. The van der Waals surface area contributed by atoms with E-state index in [1.54, 1.807) is 30.3 Å². The maximum atomic E-state index is 13.3. The minimum atomic E-state index is -0.752. The number of carbonyl (C=O) groups is 1. The van der Waals surface area contributed by atoms with Gasteiger partial charge in [0.1, 0.15) is 29.3 Å². The van der Waals surface area contributed by atoms with Crippen molar-refractivity contribution >= 4 is 28.2 Å². The molecule has 2 aromatic carbocycles. The van der Waals surface area contributed by atoms with E-state index in [-0.39, 0.29) is 29.7 Å². The third-order valence-electron chi connectivity index (χ3n) is 4.86. The molecule has 0 amide bonds. The van der Waals surface area contributed by atoms with E-state index in [0.717, 1.165) is 0 Å². The van der Waals surface area contributed by atoms with Crippen molar-refractivity contribution in [1.82, 2.24) is 4.57 Å². The van der Waals surface area contributed by atoms with Crippen molar-refractivity contribution in [3.63, 3.8) is 0 Å². The first-order valence-electron chi connectivity index (χ1n) is 9.04. The number of fused-ring (bicyclic) bond motifs is 3. The van der Waals surface area contributed by atoms with Crippen molar-refractivity contribution in [1.29, 1.82) is 0 Å². The van der Waals surface area contributed by atoms with Gasteiger partial charge in [0.05, 0.1) is 17.6 Å². The molecule has 0 fully saturated rings. The van der Waals surface area contributed by atoms with Crippen LogP contribution in [0.3, 0.4) is 0 Å². The van der Waals surface area contributed by atoms with E-state index < -0.39 is 22.8 Å². The molecule has 0 saturated heterocycles. The molecule has 0 saturated carbocycles. The summed E-state index contributed by atoms with van der Waals surface area (Å²) in [4.78, 5) is 36.0. The van der Waals surface area contributed by atoms with E-state index >= 15 is 0 Å². The molecule has 0 bridgehead atoms. The Labute approximate surface area is 168 Å². The quantitative estimate of drug-likeness (QED) is 0.402. The number of aromatic hydroxyl groups is 1. The molecule has 7 nitrogen and oxygen atoms in total. The van der Waals surface area contributed by atoms with Gasteiger partial charge in [0.25, 0.3) is 5.56 Å². The lowest BCUT2D eigenvalue weighted by Gasteiger charge is -2.15. The van der Waals surface area contributed by atoms with Crippen molar-refractivity contribution in [3.8, 4) is 11.5 Å². The highest BCUT2D eigenvalue weighted by atomic mass is 19.1. The molecule has 0 unspecified atom stereocenters. The van der Waals surface area contributed by atoms with Gasteiger partial charge in [-0.2, -0.15) is 0 Å². The molecule has 1 N–H and O–H groups in total. The fraction of sp³-hybridized carbons (Fsp3) is 0.136. The highest BCUT2D eigenvalue weighted by molar-refractivity contribution is 6.04. The van der Waals surface area contributed by atoms with Crippen LogP contribution in [-0.2, 0) is 11.3 Å². The van der Waals surface area contributed by atoms with Crippen LogP contribution in [0, 0.1) is 12.7 Å². The predicted molar refractivity (Wildman–Crippen MR) is 108 cm³/mol. The van der Waals surface area contributed by atoms with Gasteiger partial charge < -0.3 is 18.8 Å². The molecule has 0 spiro atoms. The molecule has 152 valence electrons. The van der Waals surface area contributed by atoms with Gasteiger partial charge in [-0.25, -0.2) is 9.18 Å². The fourth-order valence-corrected chi connectivity index (χ4v) is 3.32. The molecular weight excluding hydrogens is 393 g/mol. The zero-order chi connectivity index (χ0) is 21.4. The third kappa shape index (κ3) is 3.22. The maximum Gasteiger partial charge on any atom is 0.342 e. The number of carbonyl (C=O) groups excluding carboxylic acids is 1. The Kier molecular flexibility index (Phi) is 4.83. The Morgan fingerprint density at radius 3 is 2.60 bits per heavy atom. The molecular formula is C22H16FNO6. The maximum absolute atomic E-state index is 13.3. The summed E-state index contributed by atoms with van der Waals surface area (Å²) in [5.74, 6) is -0.517. The Balaban J connectivity index is 2.07. The van der Waals surface area contributed by atoms with E-state index in [1.807, 2.05) is 0 Å². The van der Waals surface area contributed by atoms with Gasteiger partial charge in [-0.1, -0.05) is 12.1 Å². The second-order valence-electron chi connectivity index (χ2n) is 6.74. The van der Waals surface area contributed by atoms with Crippen molar-refractivity contribution < 1.29 is 23.4 Å². The molecule has 4 rings (SSSR count). The van der Waals surface area contributed by atoms with Crippen LogP contribution in [0.2, 0.25) is 0 Å². The van der Waals surface area contributed by atoms with E-state index in [4.69, 9.17) is 9.15 Å². The summed E-state index contributed by atoms with van der Waals surface area (Å²) in [5.41, 5.74) is -0.436. The number of hydrogen-bond donors (Lipinski definition) is 1. The summed E-state index contributed by atoms with van der Waals surface area (Å²) in [6, 6.07) is 10.3. The zero-order valence-corrected chi connectivity index (χ0v) is 15.8.